The van der Waals surface area contributed by atoms with E-state index in [1.807, 2.05) is 25.1 Å². The molecule has 1 fully saturated rings. The molecule has 1 saturated carbocycles. The first-order chi connectivity index (χ1) is 8.15. The lowest BCUT2D eigenvalue weighted by Crippen LogP contribution is -2.42. The number of aromatic nitrogens is 1. The van der Waals surface area contributed by atoms with E-state index in [1.54, 1.807) is 0 Å². The smallest absolute Gasteiger partial charge is 0.237 e. The first kappa shape index (κ1) is 12.5. The first-order valence-electron chi connectivity index (χ1n) is 5.80. The van der Waals surface area contributed by atoms with Gasteiger partial charge >= 0.3 is 0 Å². The molecule has 1 aromatic heterocycles. The zero-order valence-electron chi connectivity index (χ0n) is 9.74. The Morgan fingerprint density at radius 2 is 2.35 bits per heavy atom. The van der Waals surface area contributed by atoms with E-state index in [-0.39, 0.29) is 11.9 Å². The van der Waals surface area contributed by atoms with E-state index in [2.05, 4.69) is 31.5 Å². The molecule has 92 valence electrons. The van der Waals surface area contributed by atoms with Crippen LogP contribution >= 0.6 is 15.9 Å². The second-order valence-corrected chi connectivity index (χ2v) is 5.15. The topological polar surface area (TPSA) is 54.0 Å². The monoisotopic (exact) mass is 297 g/mol. The number of amides is 1. The number of carbonyl (C=O) groups is 1. The molecular formula is C12H16BrN3O. The van der Waals surface area contributed by atoms with Gasteiger partial charge in [-0.2, -0.15) is 0 Å². The fourth-order valence-corrected chi connectivity index (χ4v) is 1.83. The van der Waals surface area contributed by atoms with Crippen LogP contribution in [0.2, 0.25) is 0 Å². The van der Waals surface area contributed by atoms with E-state index >= 15 is 0 Å². The second-order valence-electron chi connectivity index (χ2n) is 4.34. The van der Waals surface area contributed by atoms with Crippen LogP contribution in [0, 0.1) is 0 Å². The first-order valence-corrected chi connectivity index (χ1v) is 6.59. The van der Waals surface area contributed by atoms with E-state index < -0.39 is 0 Å². The number of carbonyl (C=O) groups excluding carboxylic acids is 1. The van der Waals surface area contributed by atoms with Crippen LogP contribution in [0.5, 0.6) is 0 Å². The number of nitrogens with zero attached hydrogens (tertiary/aromatic N) is 1. The maximum atomic E-state index is 11.7. The average molecular weight is 298 g/mol. The molecule has 5 heteroatoms. The van der Waals surface area contributed by atoms with Gasteiger partial charge < -0.3 is 10.6 Å². The quantitative estimate of drug-likeness (QED) is 0.812. The van der Waals surface area contributed by atoms with Crippen LogP contribution < -0.4 is 10.6 Å². The van der Waals surface area contributed by atoms with Crippen molar-refractivity contribution < 1.29 is 4.79 Å². The molecule has 4 nitrogen and oxygen atoms in total. The third kappa shape index (κ3) is 4.09. The third-order valence-corrected chi connectivity index (χ3v) is 3.12. The molecule has 1 heterocycles. The van der Waals surface area contributed by atoms with Crippen molar-refractivity contribution in [1.82, 2.24) is 15.6 Å². The minimum absolute atomic E-state index is 0.0718. The van der Waals surface area contributed by atoms with Gasteiger partial charge in [0.2, 0.25) is 5.91 Å². The highest BCUT2D eigenvalue weighted by Crippen LogP contribution is 2.18. The van der Waals surface area contributed by atoms with Crippen molar-refractivity contribution in [3.63, 3.8) is 0 Å². The van der Waals surface area contributed by atoms with Gasteiger partial charge in [0.15, 0.2) is 0 Å². The van der Waals surface area contributed by atoms with Crippen LogP contribution in [0.15, 0.2) is 22.8 Å². The Balaban J connectivity index is 1.78. The maximum absolute atomic E-state index is 11.7. The van der Waals surface area contributed by atoms with Crippen molar-refractivity contribution in [2.24, 2.45) is 0 Å². The van der Waals surface area contributed by atoms with Crippen molar-refractivity contribution in [2.45, 2.75) is 38.4 Å². The summed E-state index contributed by atoms with van der Waals surface area (Å²) in [6.07, 6.45) is 2.23. The van der Waals surface area contributed by atoms with Crippen molar-refractivity contribution in [1.29, 1.82) is 0 Å². The molecule has 1 aliphatic carbocycles. The Labute approximate surface area is 109 Å². The number of rotatable bonds is 5. The molecule has 17 heavy (non-hydrogen) atoms. The molecule has 0 spiro atoms. The second kappa shape index (κ2) is 5.60. The minimum atomic E-state index is -0.184. The molecule has 0 radical (unpaired) electrons. The van der Waals surface area contributed by atoms with E-state index in [0.717, 1.165) is 23.1 Å². The highest BCUT2D eigenvalue weighted by molar-refractivity contribution is 9.10. The van der Waals surface area contributed by atoms with Gasteiger partial charge in [-0.05, 0) is 47.8 Å². The van der Waals surface area contributed by atoms with Crippen molar-refractivity contribution >= 4 is 21.8 Å². The predicted molar refractivity (Wildman–Crippen MR) is 69.4 cm³/mol. The molecule has 1 aliphatic rings. The highest BCUT2D eigenvalue weighted by atomic mass is 79.9. The molecule has 0 bridgehead atoms. The highest BCUT2D eigenvalue weighted by Gasteiger charge is 2.25. The van der Waals surface area contributed by atoms with Gasteiger partial charge in [-0.3, -0.25) is 4.79 Å². The van der Waals surface area contributed by atoms with Gasteiger partial charge in [-0.15, -0.1) is 0 Å². The molecule has 1 aromatic rings. The SMILES string of the molecule is CC(NCc1cccc(Br)n1)C(=O)NC1CC1. The van der Waals surface area contributed by atoms with Crippen molar-refractivity contribution in [2.75, 3.05) is 0 Å². The summed E-state index contributed by atoms with van der Waals surface area (Å²) >= 11 is 3.32. The third-order valence-electron chi connectivity index (χ3n) is 2.68. The minimum Gasteiger partial charge on any atom is -0.352 e. The Bertz CT molecular complexity index is 406. The zero-order valence-corrected chi connectivity index (χ0v) is 11.3. The molecule has 0 aromatic carbocycles. The Hall–Kier alpha value is -0.940. The van der Waals surface area contributed by atoms with Crippen LogP contribution in [0.3, 0.4) is 0 Å². The number of nitrogens with one attached hydrogen (secondary N) is 2. The molecule has 1 atom stereocenters. The van der Waals surface area contributed by atoms with Gasteiger partial charge in [0, 0.05) is 12.6 Å². The molecule has 2 N–H and O–H groups in total. The predicted octanol–water partition coefficient (Wildman–Crippen LogP) is 1.60. The molecule has 1 amide bonds. The summed E-state index contributed by atoms with van der Waals surface area (Å²) in [4.78, 5) is 16.0. The largest absolute Gasteiger partial charge is 0.352 e. The lowest BCUT2D eigenvalue weighted by Gasteiger charge is -2.13. The summed E-state index contributed by atoms with van der Waals surface area (Å²) < 4.78 is 0.812. The van der Waals surface area contributed by atoms with Crippen LogP contribution in [0.25, 0.3) is 0 Å². The van der Waals surface area contributed by atoms with E-state index in [1.165, 1.54) is 0 Å². The van der Waals surface area contributed by atoms with Crippen molar-refractivity contribution in [3.8, 4) is 0 Å². The summed E-state index contributed by atoms with van der Waals surface area (Å²) in [5, 5.41) is 6.13. The Morgan fingerprint density at radius 3 is 3.00 bits per heavy atom. The summed E-state index contributed by atoms with van der Waals surface area (Å²) in [6, 6.07) is 5.98. The number of hydrogen-bond acceptors (Lipinski definition) is 3. The lowest BCUT2D eigenvalue weighted by molar-refractivity contribution is -0.122. The Morgan fingerprint density at radius 1 is 1.59 bits per heavy atom. The zero-order chi connectivity index (χ0) is 12.3. The van der Waals surface area contributed by atoms with Gasteiger partial charge in [-0.25, -0.2) is 4.98 Å². The molecule has 0 saturated heterocycles. The van der Waals surface area contributed by atoms with E-state index in [9.17, 15) is 4.79 Å². The van der Waals surface area contributed by atoms with Crippen LogP contribution in [-0.4, -0.2) is 23.0 Å². The Kier molecular flexibility index (Phi) is 4.12. The summed E-state index contributed by atoms with van der Waals surface area (Å²) in [5.74, 6) is 0.0718. The van der Waals surface area contributed by atoms with E-state index in [0.29, 0.717) is 12.6 Å². The summed E-state index contributed by atoms with van der Waals surface area (Å²) in [6.45, 7) is 2.47. The van der Waals surface area contributed by atoms with Gasteiger partial charge in [0.25, 0.3) is 0 Å². The van der Waals surface area contributed by atoms with Gasteiger partial charge in [0.1, 0.15) is 4.60 Å². The maximum Gasteiger partial charge on any atom is 0.237 e. The number of hydrogen-bond donors (Lipinski definition) is 2. The van der Waals surface area contributed by atoms with Gasteiger partial charge in [0.05, 0.1) is 11.7 Å². The molecule has 1 unspecified atom stereocenters. The van der Waals surface area contributed by atoms with Crippen LogP contribution in [0.4, 0.5) is 0 Å². The lowest BCUT2D eigenvalue weighted by atomic mass is 10.3. The van der Waals surface area contributed by atoms with Gasteiger partial charge in [-0.1, -0.05) is 6.07 Å². The van der Waals surface area contributed by atoms with Crippen LogP contribution in [0.1, 0.15) is 25.5 Å². The van der Waals surface area contributed by atoms with E-state index in [4.69, 9.17) is 0 Å². The number of pyridine rings is 1. The fourth-order valence-electron chi connectivity index (χ4n) is 1.45. The summed E-state index contributed by atoms with van der Waals surface area (Å²) in [5.41, 5.74) is 0.922. The average Bonchev–Trinajstić information content (AvgIpc) is 3.10. The molecule has 0 aliphatic heterocycles. The molecular weight excluding hydrogens is 282 g/mol. The number of halogens is 1. The van der Waals surface area contributed by atoms with Crippen molar-refractivity contribution in [3.05, 3.63) is 28.5 Å². The standard InChI is InChI=1S/C12H16BrN3O/c1-8(12(17)16-9-5-6-9)14-7-10-3-2-4-11(13)15-10/h2-4,8-9,14H,5-7H2,1H3,(H,16,17). The fraction of sp³-hybridized carbons (Fsp3) is 0.500. The molecule has 2 rings (SSSR count). The summed E-state index contributed by atoms with van der Waals surface area (Å²) in [7, 11) is 0. The van der Waals surface area contributed by atoms with Crippen LogP contribution in [-0.2, 0) is 11.3 Å². The normalized spacial score (nSPS) is 16.6.